The minimum Gasteiger partial charge on any atom is -0.389 e. The number of aromatic nitrogens is 2. The van der Waals surface area contributed by atoms with Crippen LogP contribution >= 0.6 is 12.2 Å². The fourth-order valence-electron chi connectivity index (χ4n) is 1.72. The number of benzene rings is 1. The molecule has 2 aromatic rings. The van der Waals surface area contributed by atoms with E-state index in [1.54, 1.807) is 16.8 Å². The highest BCUT2D eigenvalue weighted by Gasteiger charge is 2.04. The number of rotatable bonds is 3. The Morgan fingerprint density at radius 1 is 1.50 bits per heavy atom. The number of aryl methyl sites for hydroxylation is 1. The van der Waals surface area contributed by atoms with Gasteiger partial charge in [0.05, 0.1) is 6.54 Å². The van der Waals surface area contributed by atoms with E-state index in [0.29, 0.717) is 11.5 Å². The maximum atomic E-state index is 11.5. The molecule has 0 bridgehead atoms. The summed E-state index contributed by atoms with van der Waals surface area (Å²) < 4.78 is 1.56. The van der Waals surface area contributed by atoms with Gasteiger partial charge in [0.25, 0.3) is 0 Å². The lowest BCUT2D eigenvalue weighted by Crippen LogP contribution is -2.22. The number of hydrogen-bond acceptors (Lipinski definition) is 3. The van der Waals surface area contributed by atoms with Crippen molar-refractivity contribution >= 4 is 17.2 Å². The molecule has 1 aromatic heterocycles. The van der Waals surface area contributed by atoms with E-state index in [0.717, 1.165) is 16.7 Å². The predicted octanol–water partition coefficient (Wildman–Crippen LogP) is 1.23. The van der Waals surface area contributed by atoms with E-state index in [2.05, 4.69) is 4.98 Å². The standard InChI is InChI=1S/C13H13N3OS/c1-9-7-10(12(14)18)3-4-11(9)8-16-6-2-5-15-13(16)17/h2-7H,8H2,1H3,(H2,14,18). The maximum Gasteiger partial charge on any atom is 0.347 e. The van der Waals surface area contributed by atoms with Gasteiger partial charge in [0.2, 0.25) is 0 Å². The number of hydrogen-bond donors (Lipinski definition) is 1. The molecule has 0 aliphatic rings. The molecule has 0 atom stereocenters. The van der Waals surface area contributed by atoms with Gasteiger partial charge in [-0.2, -0.15) is 0 Å². The molecule has 5 heteroatoms. The molecule has 2 N–H and O–H groups in total. The van der Waals surface area contributed by atoms with Crippen molar-refractivity contribution in [3.63, 3.8) is 0 Å². The summed E-state index contributed by atoms with van der Waals surface area (Å²) in [7, 11) is 0. The van der Waals surface area contributed by atoms with Crippen molar-refractivity contribution in [2.24, 2.45) is 5.73 Å². The maximum absolute atomic E-state index is 11.5. The minimum atomic E-state index is -0.254. The van der Waals surface area contributed by atoms with Gasteiger partial charge in [-0.15, -0.1) is 0 Å². The van der Waals surface area contributed by atoms with Crippen molar-refractivity contribution in [1.82, 2.24) is 9.55 Å². The quantitative estimate of drug-likeness (QED) is 0.842. The zero-order chi connectivity index (χ0) is 13.1. The normalized spacial score (nSPS) is 10.3. The summed E-state index contributed by atoms with van der Waals surface area (Å²) in [5.41, 5.74) is 8.26. The Hall–Kier alpha value is -2.01. The lowest BCUT2D eigenvalue weighted by molar-refractivity contribution is 0.723. The molecule has 0 amide bonds. The molecule has 2 rings (SSSR count). The van der Waals surface area contributed by atoms with Crippen LogP contribution in [0.3, 0.4) is 0 Å². The van der Waals surface area contributed by atoms with Crippen LogP contribution in [0.4, 0.5) is 0 Å². The van der Waals surface area contributed by atoms with Crippen LogP contribution in [0, 0.1) is 6.92 Å². The van der Waals surface area contributed by atoms with Crippen LogP contribution < -0.4 is 11.4 Å². The Labute approximate surface area is 110 Å². The molecule has 92 valence electrons. The second-order valence-corrected chi connectivity index (χ2v) is 4.48. The van der Waals surface area contributed by atoms with Gasteiger partial charge in [0.1, 0.15) is 4.99 Å². The van der Waals surface area contributed by atoms with Gasteiger partial charge in [-0.25, -0.2) is 9.78 Å². The van der Waals surface area contributed by atoms with Gasteiger partial charge < -0.3 is 5.73 Å². The summed E-state index contributed by atoms with van der Waals surface area (Å²) in [5.74, 6) is 0. The van der Waals surface area contributed by atoms with Gasteiger partial charge in [-0.05, 0) is 30.2 Å². The molecule has 0 radical (unpaired) electrons. The van der Waals surface area contributed by atoms with E-state index in [1.807, 2.05) is 25.1 Å². The molecular formula is C13H13N3OS. The molecule has 18 heavy (non-hydrogen) atoms. The number of nitrogens with two attached hydrogens (primary N) is 1. The number of nitrogens with zero attached hydrogens (tertiary/aromatic N) is 2. The van der Waals surface area contributed by atoms with E-state index in [4.69, 9.17) is 18.0 Å². The topological polar surface area (TPSA) is 60.9 Å². The molecule has 1 aromatic carbocycles. The summed E-state index contributed by atoms with van der Waals surface area (Å²) in [6.07, 6.45) is 3.21. The molecule has 1 heterocycles. The molecule has 0 spiro atoms. The Balaban J connectivity index is 2.33. The second-order valence-electron chi connectivity index (χ2n) is 4.04. The van der Waals surface area contributed by atoms with Crippen LogP contribution in [0.15, 0.2) is 41.5 Å². The largest absolute Gasteiger partial charge is 0.389 e. The van der Waals surface area contributed by atoms with E-state index >= 15 is 0 Å². The average Bonchev–Trinajstić information content (AvgIpc) is 2.34. The van der Waals surface area contributed by atoms with Crippen molar-refractivity contribution < 1.29 is 0 Å². The molecule has 0 saturated carbocycles. The molecule has 0 aliphatic heterocycles. The van der Waals surface area contributed by atoms with Crippen molar-refractivity contribution in [1.29, 1.82) is 0 Å². The zero-order valence-corrected chi connectivity index (χ0v) is 10.8. The lowest BCUT2D eigenvalue weighted by atomic mass is 10.1. The fourth-order valence-corrected chi connectivity index (χ4v) is 1.84. The summed E-state index contributed by atoms with van der Waals surface area (Å²) in [6.45, 7) is 2.47. The second kappa shape index (κ2) is 5.10. The highest BCUT2D eigenvalue weighted by molar-refractivity contribution is 7.80. The smallest absolute Gasteiger partial charge is 0.347 e. The van der Waals surface area contributed by atoms with E-state index in [1.165, 1.54) is 6.20 Å². The molecule has 0 saturated heterocycles. The van der Waals surface area contributed by atoms with E-state index in [9.17, 15) is 4.79 Å². The molecular weight excluding hydrogens is 246 g/mol. The first-order valence-corrected chi connectivity index (χ1v) is 5.89. The van der Waals surface area contributed by atoms with Crippen molar-refractivity contribution in [3.05, 3.63) is 63.8 Å². The van der Waals surface area contributed by atoms with Gasteiger partial charge in [-0.1, -0.05) is 24.4 Å². The van der Waals surface area contributed by atoms with Crippen molar-refractivity contribution in [3.8, 4) is 0 Å². The Kier molecular flexibility index (Phi) is 3.53. The van der Waals surface area contributed by atoms with Gasteiger partial charge in [0, 0.05) is 18.0 Å². The summed E-state index contributed by atoms with van der Waals surface area (Å²) in [4.78, 5) is 15.6. The summed E-state index contributed by atoms with van der Waals surface area (Å²) >= 11 is 4.93. The minimum absolute atomic E-state index is 0.254. The van der Waals surface area contributed by atoms with Crippen LogP contribution in [0.2, 0.25) is 0 Å². The van der Waals surface area contributed by atoms with E-state index < -0.39 is 0 Å². The fraction of sp³-hybridized carbons (Fsp3) is 0.154. The van der Waals surface area contributed by atoms with Crippen molar-refractivity contribution in [2.75, 3.05) is 0 Å². The van der Waals surface area contributed by atoms with Crippen molar-refractivity contribution in [2.45, 2.75) is 13.5 Å². The van der Waals surface area contributed by atoms with E-state index in [-0.39, 0.29) is 5.69 Å². The van der Waals surface area contributed by atoms with Gasteiger partial charge in [0.15, 0.2) is 0 Å². The van der Waals surface area contributed by atoms with Crippen LogP contribution in [-0.2, 0) is 6.54 Å². The van der Waals surface area contributed by atoms with Crippen LogP contribution in [0.5, 0.6) is 0 Å². The average molecular weight is 259 g/mol. The predicted molar refractivity (Wildman–Crippen MR) is 74.7 cm³/mol. The molecule has 0 unspecified atom stereocenters. The Bertz CT molecular complexity index is 649. The zero-order valence-electron chi connectivity index (χ0n) is 9.96. The molecule has 0 fully saturated rings. The monoisotopic (exact) mass is 259 g/mol. The third kappa shape index (κ3) is 2.62. The van der Waals surface area contributed by atoms with Gasteiger partial charge >= 0.3 is 5.69 Å². The SMILES string of the molecule is Cc1cc(C(N)=S)ccc1Cn1cccnc1=O. The molecule has 4 nitrogen and oxygen atoms in total. The van der Waals surface area contributed by atoms with Crippen LogP contribution in [0.25, 0.3) is 0 Å². The first kappa shape index (κ1) is 12.4. The third-order valence-corrected chi connectivity index (χ3v) is 2.99. The first-order chi connectivity index (χ1) is 8.58. The Morgan fingerprint density at radius 2 is 2.28 bits per heavy atom. The number of thiocarbonyl (C=S) groups is 1. The van der Waals surface area contributed by atoms with Crippen LogP contribution in [-0.4, -0.2) is 14.5 Å². The van der Waals surface area contributed by atoms with Gasteiger partial charge in [-0.3, -0.25) is 4.57 Å². The summed E-state index contributed by atoms with van der Waals surface area (Å²) in [6, 6.07) is 7.47. The first-order valence-electron chi connectivity index (χ1n) is 5.49. The van der Waals surface area contributed by atoms with Crippen LogP contribution in [0.1, 0.15) is 16.7 Å². The molecule has 0 aliphatic carbocycles. The highest BCUT2D eigenvalue weighted by atomic mass is 32.1. The Morgan fingerprint density at radius 3 is 2.89 bits per heavy atom. The third-order valence-electron chi connectivity index (χ3n) is 2.75. The lowest BCUT2D eigenvalue weighted by Gasteiger charge is -2.09. The summed E-state index contributed by atoms with van der Waals surface area (Å²) in [5, 5.41) is 0. The highest BCUT2D eigenvalue weighted by Crippen LogP contribution is 2.12.